The van der Waals surface area contributed by atoms with Gasteiger partial charge in [-0.3, -0.25) is 4.98 Å². The highest BCUT2D eigenvalue weighted by Gasteiger charge is 2.43. The molecule has 1 aromatic rings. The van der Waals surface area contributed by atoms with Crippen molar-refractivity contribution >= 4 is 10.0 Å². The third-order valence-corrected chi connectivity index (χ3v) is 7.00. The van der Waals surface area contributed by atoms with Gasteiger partial charge < -0.3 is 9.47 Å². The molecule has 0 amide bonds. The van der Waals surface area contributed by atoms with Gasteiger partial charge in [-0.1, -0.05) is 6.07 Å². The molecule has 1 spiro atoms. The Morgan fingerprint density at radius 2 is 2.21 bits per heavy atom. The fraction of sp³-hybridized carbons (Fsp3) is 0.706. The predicted octanol–water partition coefficient (Wildman–Crippen LogP) is 1.82. The van der Waals surface area contributed by atoms with E-state index in [4.69, 9.17) is 9.47 Å². The van der Waals surface area contributed by atoms with Crippen molar-refractivity contribution in [2.24, 2.45) is 5.41 Å². The lowest BCUT2D eigenvalue weighted by Gasteiger charge is -2.37. The van der Waals surface area contributed by atoms with E-state index in [1.165, 1.54) is 0 Å². The molecule has 3 heterocycles. The Balaban J connectivity index is 1.44. The number of aromatic nitrogens is 1. The minimum Gasteiger partial charge on any atom is -0.375 e. The highest BCUT2D eigenvalue weighted by atomic mass is 32.2. The second kappa shape index (κ2) is 7.47. The molecule has 3 rings (SSSR count). The number of pyridine rings is 1. The first kappa shape index (κ1) is 17.8. The first-order valence-corrected chi connectivity index (χ1v) is 10.2. The third-order valence-electron chi connectivity index (χ3n) is 5.12. The maximum absolute atomic E-state index is 12.0. The van der Waals surface area contributed by atoms with E-state index in [9.17, 15) is 8.42 Å². The lowest BCUT2D eigenvalue weighted by atomic mass is 9.77. The molecule has 2 fully saturated rings. The molecule has 2 saturated heterocycles. The summed E-state index contributed by atoms with van der Waals surface area (Å²) in [6.45, 7) is 4.77. The zero-order chi connectivity index (χ0) is 17.0. The van der Waals surface area contributed by atoms with Crippen molar-refractivity contribution in [1.82, 2.24) is 9.29 Å². The Kier molecular flexibility index (Phi) is 5.54. The van der Waals surface area contributed by atoms with Crippen LogP contribution in [0.4, 0.5) is 0 Å². The van der Waals surface area contributed by atoms with Gasteiger partial charge in [0.05, 0.1) is 31.7 Å². The number of piperidine rings is 1. The third kappa shape index (κ3) is 4.14. The van der Waals surface area contributed by atoms with E-state index in [0.717, 1.165) is 24.8 Å². The highest BCUT2D eigenvalue weighted by molar-refractivity contribution is 7.89. The molecule has 0 aromatic carbocycles. The molecule has 0 saturated carbocycles. The van der Waals surface area contributed by atoms with Crippen molar-refractivity contribution in [3.63, 3.8) is 0 Å². The monoisotopic (exact) mass is 354 g/mol. The molecule has 134 valence electrons. The van der Waals surface area contributed by atoms with E-state index >= 15 is 0 Å². The van der Waals surface area contributed by atoms with Crippen molar-refractivity contribution in [2.45, 2.75) is 38.9 Å². The van der Waals surface area contributed by atoms with E-state index in [0.29, 0.717) is 32.9 Å². The van der Waals surface area contributed by atoms with Crippen LogP contribution in [0, 0.1) is 5.41 Å². The van der Waals surface area contributed by atoms with E-state index in [-0.39, 0.29) is 17.3 Å². The normalized spacial score (nSPS) is 24.5. The van der Waals surface area contributed by atoms with Crippen LogP contribution in [0.2, 0.25) is 0 Å². The molecule has 2 aliphatic heterocycles. The SMILES string of the molecule is CCS(=O)(=O)N1CCC2(CC1)COC(COCc1cccnc1)C2. The summed E-state index contributed by atoms with van der Waals surface area (Å²) in [4.78, 5) is 4.07. The van der Waals surface area contributed by atoms with Gasteiger partial charge in [-0.15, -0.1) is 0 Å². The van der Waals surface area contributed by atoms with Gasteiger partial charge in [0.25, 0.3) is 0 Å². The van der Waals surface area contributed by atoms with E-state index < -0.39 is 10.0 Å². The summed E-state index contributed by atoms with van der Waals surface area (Å²) in [5, 5.41) is 0. The van der Waals surface area contributed by atoms with Crippen molar-refractivity contribution in [1.29, 1.82) is 0 Å². The van der Waals surface area contributed by atoms with Crippen molar-refractivity contribution in [3.05, 3.63) is 30.1 Å². The summed E-state index contributed by atoms with van der Waals surface area (Å²) < 4.78 is 37.2. The Morgan fingerprint density at radius 3 is 2.88 bits per heavy atom. The average molecular weight is 354 g/mol. The average Bonchev–Trinajstić information content (AvgIpc) is 2.99. The van der Waals surface area contributed by atoms with Crippen LogP contribution in [0.15, 0.2) is 24.5 Å². The minimum atomic E-state index is -3.06. The number of hydrogen-bond donors (Lipinski definition) is 0. The summed E-state index contributed by atoms with van der Waals surface area (Å²) >= 11 is 0. The van der Waals surface area contributed by atoms with Crippen LogP contribution in [0.1, 0.15) is 31.7 Å². The maximum atomic E-state index is 12.0. The maximum Gasteiger partial charge on any atom is 0.213 e. The van der Waals surface area contributed by atoms with Gasteiger partial charge in [0.2, 0.25) is 10.0 Å². The second-order valence-corrected chi connectivity index (χ2v) is 9.07. The summed E-state index contributed by atoms with van der Waals surface area (Å²) in [6.07, 6.45) is 6.38. The minimum absolute atomic E-state index is 0.107. The standard InChI is InChI=1S/C17H26N2O4S/c1-2-24(20,21)19-8-5-17(6-9-19)10-16(23-14-17)13-22-12-15-4-3-7-18-11-15/h3-4,7,11,16H,2,5-6,8-10,12-14H2,1H3. The molecular formula is C17H26N2O4S. The molecule has 0 radical (unpaired) electrons. The summed E-state index contributed by atoms with van der Waals surface area (Å²) in [6, 6.07) is 3.89. The lowest BCUT2D eigenvalue weighted by Crippen LogP contribution is -2.44. The Hall–Kier alpha value is -1.02. The molecule has 24 heavy (non-hydrogen) atoms. The van der Waals surface area contributed by atoms with E-state index in [1.54, 1.807) is 23.6 Å². The largest absolute Gasteiger partial charge is 0.375 e. The second-order valence-electron chi connectivity index (χ2n) is 6.81. The molecule has 7 heteroatoms. The molecule has 2 aliphatic rings. The van der Waals surface area contributed by atoms with Crippen LogP contribution >= 0.6 is 0 Å². The molecule has 1 atom stereocenters. The van der Waals surface area contributed by atoms with Crippen LogP contribution in [-0.4, -0.2) is 55.9 Å². The zero-order valence-corrected chi connectivity index (χ0v) is 15.0. The van der Waals surface area contributed by atoms with Crippen LogP contribution in [-0.2, 0) is 26.1 Å². The van der Waals surface area contributed by atoms with Gasteiger partial charge in [-0.2, -0.15) is 0 Å². The Morgan fingerprint density at radius 1 is 1.42 bits per heavy atom. The number of sulfonamides is 1. The predicted molar refractivity (Wildman–Crippen MR) is 91.0 cm³/mol. The fourth-order valence-corrected chi connectivity index (χ4v) is 4.67. The molecule has 6 nitrogen and oxygen atoms in total. The van der Waals surface area contributed by atoms with Crippen molar-refractivity contribution < 1.29 is 17.9 Å². The molecule has 0 bridgehead atoms. The van der Waals surface area contributed by atoms with Gasteiger partial charge in [-0.05, 0) is 43.2 Å². The molecule has 0 N–H and O–H groups in total. The number of ether oxygens (including phenoxy) is 2. The highest BCUT2D eigenvalue weighted by Crippen LogP contribution is 2.42. The first-order chi connectivity index (χ1) is 11.5. The van der Waals surface area contributed by atoms with Gasteiger partial charge >= 0.3 is 0 Å². The van der Waals surface area contributed by atoms with Crippen LogP contribution in [0.5, 0.6) is 0 Å². The Labute approximate surface area is 144 Å². The van der Waals surface area contributed by atoms with Gasteiger partial charge in [0.1, 0.15) is 0 Å². The zero-order valence-electron chi connectivity index (χ0n) is 14.2. The molecule has 1 unspecified atom stereocenters. The van der Waals surface area contributed by atoms with Gasteiger partial charge in [0, 0.05) is 25.5 Å². The number of rotatable bonds is 6. The van der Waals surface area contributed by atoms with E-state index in [2.05, 4.69) is 4.98 Å². The number of hydrogen-bond acceptors (Lipinski definition) is 5. The topological polar surface area (TPSA) is 68.7 Å². The van der Waals surface area contributed by atoms with Crippen LogP contribution in [0.3, 0.4) is 0 Å². The smallest absolute Gasteiger partial charge is 0.213 e. The molecular weight excluding hydrogens is 328 g/mol. The summed E-state index contributed by atoms with van der Waals surface area (Å²) in [7, 11) is -3.06. The van der Waals surface area contributed by atoms with Crippen LogP contribution < -0.4 is 0 Å². The summed E-state index contributed by atoms with van der Waals surface area (Å²) in [5.41, 5.74) is 1.19. The van der Waals surface area contributed by atoms with Crippen molar-refractivity contribution in [3.8, 4) is 0 Å². The molecule has 1 aromatic heterocycles. The van der Waals surface area contributed by atoms with Gasteiger partial charge in [0.15, 0.2) is 0 Å². The van der Waals surface area contributed by atoms with Gasteiger partial charge in [-0.25, -0.2) is 12.7 Å². The summed E-state index contributed by atoms with van der Waals surface area (Å²) in [5.74, 6) is 0.182. The van der Waals surface area contributed by atoms with Crippen LogP contribution in [0.25, 0.3) is 0 Å². The quantitative estimate of drug-likeness (QED) is 0.779. The fourth-order valence-electron chi connectivity index (χ4n) is 3.56. The lowest BCUT2D eigenvalue weighted by molar-refractivity contribution is 0.00728. The molecule has 0 aliphatic carbocycles. The van der Waals surface area contributed by atoms with E-state index in [1.807, 2.05) is 12.1 Å². The van der Waals surface area contributed by atoms with Crippen molar-refractivity contribution in [2.75, 3.05) is 32.1 Å². The first-order valence-electron chi connectivity index (χ1n) is 8.59. The number of nitrogens with zero attached hydrogens (tertiary/aromatic N) is 2. The Bertz CT molecular complexity index is 627.